The van der Waals surface area contributed by atoms with Gasteiger partial charge in [0.25, 0.3) is 11.8 Å². The Hall–Kier alpha value is -4.53. The zero-order valence-corrected chi connectivity index (χ0v) is 24.2. The molecule has 1 aromatic heterocycles. The maximum Gasteiger partial charge on any atom is 0.251 e. The van der Waals surface area contributed by atoms with Gasteiger partial charge in [0.05, 0.1) is 11.3 Å². The molecule has 0 spiro atoms. The standard InChI is InChI=1S/C31H37N7O4/c1-21(39)30(41)38-17-12-26(13-18-38)42-28-10-7-23(19-24(28)20-32)27-11-15-34-31(36-27)35-25-8-5-22(6-9-25)29(40)33-14-4-16-37(2)3/h5-11,15,19,21,26,39H,4,12-14,16-18H2,1-3H3,(H,33,40)(H,34,35,36)/t21-/m0/s1. The predicted molar refractivity (Wildman–Crippen MR) is 159 cm³/mol. The number of benzene rings is 2. The van der Waals surface area contributed by atoms with Gasteiger partial charge >= 0.3 is 0 Å². The van der Waals surface area contributed by atoms with Crippen molar-refractivity contribution >= 4 is 23.5 Å². The molecule has 3 aromatic rings. The largest absolute Gasteiger partial charge is 0.489 e. The Morgan fingerprint density at radius 2 is 1.90 bits per heavy atom. The van der Waals surface area contributed by atoms with E-state index in [-0.39, 0.29) is 17.9 Å². The number of amides is 2. The number of carbonyl (C=O) groups is 2. The van der Waals surface area contributed by atoms with E-state index in [4.69, 9.17) is 4.74 Å². The summed E-state index contributed by atoms with van der Waals surface area (Å²) in [6, 6.07) is 16.4. The number of nitrogens with zero attached hydrogens (tertiary/aromatic N) is 5. The van der Waals surface area contributed by atoms with Gasteiger partial charge in [0, 0.05) is 55.5 Å². The van der Waals surface area contributed by atoms with Gasteiger partial charge in [-0.1, -0.05) is 0 Å². The fourth-order valence-electron chi connectivity index (χ4n) is 4.63. The van der Waals surface area contributed by atoms with Crippen LogP contribution in [0.2, 0.25) is 0 Å². The molecule has 1 aliphatic rings. The quantitative estimate of drug-likeness (QED) is 0.296. The van der Waals surface area contributed by atoms with Crippen LogP contribution in [0.4, 0.5) is 11.6 Å². The van der Waals surface area contributed by atoms with Crippen molar-refractivity contribution in [3.63, 3.8) is 0 Å². The van der Waals surface area contributed by atoms with Gasteiger partial charge in [-0.25, -0.2) is 9.97 Å². The summed E-state index contributed by atoms with van der Waals surface area (Å²) in [5.74, 6) is 0.470. The number of nitriles is 1. The molecular weight excluding hydrogens is 534 g/mol. The Kier molecular flexibility index (Phi) is 10.4. The number of carbonyl (C=O) groups excluding carboxylic acids is 2. The third-order valence-electron chi connectivity index (χ3n) is 6.93. The first-order valence-corrected chi connectivity index (χ1v) is 14.0. The zero-order valence-electron chi connectivity index (χ0n) is 24.2. The Bertz CT molecular complexity index is 1410. The number of piperidine rings is 1. The van der Waals surface area contributed by atoms with Gasteiger partial charge in [-0.05, 0) is 82.5 Å². The van der Waals surface area contributed by atoms with Crippen LogP contribution >= 0.6 is 0 Å². The van der Waals surface area contributed by atoms with Crippen LogP contribution in [0.1, 0.15) is 42.1 Å². The minimum atomic E-state index is -1.01. The number of aliphatic hydroxyl groups excluding tert-OH is 1. The number of hydrogen-bond donors (Lipinski definition) is 3. The molecule has 1 atom stereocenters. The molecule has 0 unspecified atom stereocenters. The normalized spacial score (nSPS) is 14.2. The highest BCUT2D eigenvalue weighted by molar-refractivity contribution is 5.94. The molecule has 42 heavy (non-hydrogen) atoms. The number of aromatic nitrogens is 2. The van der Waals surface area contributed by atoms with E-state index in [9.17, 15) is 20.0 Å². The summed E-state index contributed by atoms with van der Waals surface area (Å²) in [6.45, 7) is 3.99. The van der Waals surface area contributed by atoms with E-state index >= 15 is 0 Å². The van der Waals surface area contributed by atoms with Gasteiger partial charge in [-0.2, -0.15) is 5.26 Å². The third-order valence-corrected chi connectivity index (χ3v) is 6.93. The number of aliphatic hydroxyl groups is 1. The van der Waals surface area contributed by atoms with Crippen molar-refractivity contribution in [3.8, 4) is 23.1 Å². The molecule has 0 aliphatic carbocycles. The van der Waals surface area contributed by atoms with Crippen LogP contribution in [-0.4, -0.2) is 89.2 Å². The first-order valence-electron chi connectivity index (χ1n) is 14.0. The molecule has 1 aliphatic heterocycles. The minimum absolute atomic E-state index is 0.115. The predicted octanol–water partition coefficient (Wildman–Crippen LogP) is 3.19. The molecule has 2 heterocycles. The highest BCUT2D eigenvalue weighted by atomic mass is 16.5. The molecule has 1 fully saturated rings. The molecule has 11 heteroatoms. The fourth-order valence-corrected chi connectivity index (χ4v) is 4.63. The maximum atomic E-state index is 12.4. The second kappa shape index (κ2) is 14.4. The van der Waals surface area contributed by atoms with Crippen molar-refractivity contribution in [3.05, 3.63) is 65.9 Å². The second-order valence-electron chi connectivity index (χ2n) is 10.5. The average Bonchev–Trinajstić information content (AvgIpc) is 2.99. The molecule has 0 bridgehead atoms. The Labute approximate surface area is 246 Å². The van der Waals surface area contributed by atoms with Crippen LogP contribution in [0.5, 0.6) is 5.75 Å². The van der Waals surface area contributed by atoms with E-state index < -0.39 is 6.10 Å². The summed E-state index contributed by atoms with van der Waals surface area (Å²) in [7, 11) is 4.00. The molecule has 2 aromatic carbocycles. The molecule has 0 saturated carbocycles. The highest BCUT2D eigenvalue weighted by Gasteiger charge is 2.26. The second-order valence-corrected chi connectivity index (χ2v) is 10.5. The van der Waals surface area contributed by atoms with Crippen molar-refractivity contribution < 1.29 is 19.4 Å². The Morgan fingerprint density at radius 1 is 1.17 bits per heavy atom. The molecule has 4 rings (SSSR count). The summed E-state index contributed by atoms with van der Waals surface area (Å²) in [5, 5.41) is 25.4. The monoisotopic (exact) mass is 571 g/mol. The van der Waals surface area contributed by atoms with Gasteiger partial charge in [0.1, 0.15) is 24.0 Å². The number of nitrogens with one attached hydrogen (secondary N) is 2. The fraction of sp³-hybridized carbons (Fsp3) is 0.387. The van der Waals surface area contributed by atoms with Gasteiger partial charge in [0.15, 0.2) is 0 Å². The van der Waals surface area contributed by atoms with Gasteiger partial charge in [-0.3, -0.25) is 9.59 Å². The molecular formula is C31H37N7O4. The first kappa shape index (κ1) is 30.4. The first-order chi connectivity index (χ1) is 20.2. The van der Waals surface area contributed by atoms with Crippen molar-refractivity contribution in [1.82, 2.24) is 25.1 Å². The zero-order chi connectivity index (χ0) is 30.1. The summed E-state index contributed by atoms with van der Waals surface area (Å²) in [4.78, 5) is 37.0. The molecule has 0 radical (unpaired) electrons. The molecule has 220 valence electrons. The summed E-state index contributed by atoms with van der Waals surface area (Å²) < 4.78 is 6.12. The lowest BCUT2D eigenvalue weighted by molar-refractivity contribution is -0.141. The van der Waals surface area contributed by atoms with E-state index in [0.29, 0.717) is 61.0 Å². The van der Waals surface area contributed by atoms with Crippen molar-refractivity contribution in [2.45, 2.75) is 38.4 Å². The molecule has 11 nitrogen and oxygen atoms in total. The van der Waals surface area contributed by atoms with Crippen molar-refractivity contribution in [1.29, 1.82) is 5.26 Å². The van der Waals surface area contributed by atoms with Crippen LogP contribution in [0, 0.1) is 11.3 Å². The Balaban J connectivity index is 1.36. The van der Waals surface area contributed by atoms with Gasteiger partial charge in [-0.15, -0.1) is 0 Å². The number of ether oxygens (including phenoxy) is 1. The van der Waals surface area contributed by atoms with Crippen LogP contribution < -0.4 is 15.4 Å². The van der Waals surface area contributed by atoms with Crippen LogP contribution in [0.15, 0.2) is 54.7 Å². The van der Waals surface area contributed by atoms with Crippen molar-refractivity contribution in [2.75, 3.05) is 45.6 Å². The summed E-state index contributed by atoms with van der Waals surface area (Å²) >= 11 is 0. The van der Waals surface area contributed by atoms with E-state index in [1.165, 1.54) is 6.92 Å². The van der Waals surface area contributed by atoms with Crippen LogP contribution in [-0.2, 0) is 4.79 Å². The van der Waals surface area contributed by atoms with E-state index in [0.717, 1.165) is 24.2 Å². The van der Waals surface area contributed by atoms with E-state index in [1.54, 1.807) is 53.6 Å². The number of anilines is 2. The molecule has 1 saturated heterocycles. The lowest BCUT2D eigenvalue weighted by atomic mass is 10.1. The van der Waals surface area contributed by atoms with Crippen LogP contribution in [0.25, 0.3) is 11.3 Å². The van der Waals surface area contributed by atoms with Crippen LogP contribution in [0.3, 0.4) is 0 Å². The molecule has 3 N–H and O–H groups in total. The lowest BCUT2D eigenvalue weighted by Gasteiger charge is -2.33. The molecule has 2 amide bonds. The summed E-state index contributed by atoms with van der Waals surface area (Å²) in [6.07, 6.45) is 2.61. The number of rotatable bonds is 11. The van der Waals surface area contributed by atoms with Crippen molar-refractivity contribution in [2.24, 2.45) is 0 Å². The average molecular weight is 572 g/mol. The smallest absolute Gasteiger partial charge is 0.251 e. The van der Waals surface area contributed by atoms with E-state index in [1.807, 2.05) is 20.2 Å². The third kappa shape index (κ3) is 8.25. The highest BCUT2D eigenvalue weighted by Crippen LogP contribution is 2.28. The minimum Gasteiger partial charge on any atom is -0.489 e. The maximum absolute atomic E-state index is 12.4. The Morgan fingerprint density at radius 3 is 2.57 bits per heavy atom. The van der Waals surface area contributed by atoms with E-state index in [2.05, 4.69) is 31.6 Å². The number of likely N-dealkylation sites (tertiary alicyclic amines) is 1. The van der Waals surface area contributed by atoms with Gasteiger partial charge in [0.2, 0.25) is 5.95 Å². The topological polar surface area (TPSA) is 144 Å². The summed E-state index contributed by atoms with van der Waals surface area (Å²) in [5.41, 5.74) is 3.07. The lowest BCUT2D eigenvalue weighted by Crippen LogP contribution is -2.45. The van der Waals surface area contributed by atoms with Gasteiger partial charge < -0.3 is 30.3 Å². The number of hydrogen-bond acceptors (Lipinski definition) is 9. The SMILES string of the molecule is C[C@H](O)C(=O)N1CCC(Oc2ccc(-c3ccnc(Nc4ccc(C(=O)NCCCN(C)C)cc4)n3)cc2C#N)CC1.